The van der Waals surface area contributed by atoms with E-state index >= 15 is 0 Å². The number of fused-ring (bicyclic) bond motifs is 1. The number of aromatic carboxylic acids is 1. The summed E-state index contributed by atoms with van der Waals surface area (Å²) in [5, 5.41) is 17.7. The average Bonchev–Trinajstić information content (AvgIpc) is 2.28. The molecular weight excluding hydrogens is 210 g/mol. The summed E-state index contributed by atoms with van der Waals surface area (Å²) in [4.78, 5) is 22.2. The molecule has 0 saturated heterocycles. The fourth-order valence-corrected chi connectivity index (χ4v) is 1.37. The van der Waals surface area contributed by atoms with Crippen molar-refractivity contribution in [3.8, 4) is 6.07 Å². The Morgan fingerprint density at radius 1 is 1.44 bits per heavy atom. The number of carbonyl (C=O) groups is 1. The van der Waals surface area contributed by atoms with Crippen molar-refractivity contribution >= 4 is 16.9 Å². The number of nitriles is 1. The predicted octanol–water partition coefficient (Wildman–Crippen LogP) is 1.36. The van der Waals surface area contributed by atoms with Crippen LogP contribution in [0.2, 0.25) is 0 Å². The number of para-hydroxylation sites is 1. The molecule has 78 valence electrons. The van der Waals surface area contributed by atoms with Crippen LogP contribution in [0.15, 0.2) is 33.5 Å². The van der Waals surface area contributed by atoms with Crippen LogP contribution in [-0.4, -0.2) is 11.1 Å². The van der Waals surface area contributed by atoms with E-state index in [1.54, 1.807) is 0 Å². The minimum atomic E-state index is -1.34. The van der Waals surface area contributed by atoms with Gasteiger partial charge in [-0.3, -0.25) is 4.79 Å². The van der Waals surface area contributed by atoms with Gasteiger partial charge in [-0.1, -0.05) is 6.07 Å². The minimum absolute atomic E-state index is 0.00917. The largest absolute Gasteiger partial charge is 0.475 e. The molecule has 0 amide bonds. The molecule has 1 heterocycles. The quantitative estimate of drug-likeness (QED) is 0.775. The van der Waals surface area contributed by atoms with Crippen LogP contribution >= 0.6 is 0 Å². The lowest BCUT2D eigenvalue weighted by Gasteiger charge is -1.99. The van der Waals surface area contributed by atoms with Crippen molar-refractivity contribution in [1.29, 1.82) is 5.26 Å². The summed E-state index contributed by atoms with van der Waals surface area (Å²) in [6.45, 7) is 0. The highest BCUT2D eigenvalue weighted by Gasteiger charge is 2.12. The van der Waals surface area contributed by atoms with Gasteiger partial charge in [-0.2, -0.15) is 5.26 Å². The van der Waals surface area contributed by atoms with Gasteiger partial charge >= 0.3 is 5.97 Å². The summed E-state index contributed by atoms with van der Waals surface area (Å²) in [6, 6.07) is 7.21. The second-order valence-electron chi connectivity index (χ2n) is 3.07. The molecule has 0 saturated carbocycles. The third-order valence-corrected chi connectivity index (χ3v) is 2.09. The van der Waals surface area contributed by atoms with E-state index in [0.717, 1.165) is 6.07 Å². The van der Waals surface area contributed by atoms with Crippen molar-refractivity contribution in [1.82, 2.24) is 0 Å². The van der Waals surface area contributed by atoms with Crippen LogP contribution in [0.1, 0.15) is 16.1 Å². The Hall–Kier alpha value is -2.61. The molecule has 2 rings (SSSR count). The van der Waals surface area contributed by atoms with Crippen LogP contribution in [-0.2, 0) is 0 Å². The van der Waals surface area contributed by atoms with Gasteiger partial charge in [0.25, 0.3) is 0 Å². The Labute approximate surface area is 89.2 Å². The van der Waals surface area contributed by atoms with Gasteiger partial charge < -0.3 is 9.52 Å². The van der Waals surface area contributed by atoms with E-state index in [4.69, 9.17) is 14.8 Å². The van der Waals surface area contributed by atoms with Crippen molar-refractivity contribution < 1.29 is 14.3 Å². The van der Waals surface area contributed by atoms with Crippen LogP contribution in [0, 0.1) is 11.3 Å². The Kier molecular flexibility index (Phi) is 2.18. The average molecular weight is 215 g/mol. The Bertz CT molecular complexity index is 678. The Balaban J connectivity index is 2.95. The van der Waals surface area contributed by atoms with Crippen LogP contribution in [0.4, 0.5) is 0 Å². The summed E-state index contributed by atoms with van der Waals surface area (Å²) in [6.07, 6.45) is 0. The first-order chi connectivity index (χ1) is 7.63. The summed E-state index contributed by atoms with van der Waals surface area (Å²) in [7, 11) is 0. The first-order valence-corrected chi connectivity index (χ1v) is 4.34. The molecule has 1 N–H and O–H groups in total. The lowest BCUT2D eigenvalue weighted by atomic mass is 10.1. The topological polar surface area (TPSA) is 91.3 Å². The van der Waals surface area contributed by atoms with Crippen molar-refractivity contribution in [2.75, 3.05) is 0 Å². The van der Waals surface area contributed by atoms with E-state index in [1.807, 2.05) is 6.07 Å². The van der Waals surface area contributed by atoms with E-state index in [2.05, 4.69) is 0 Å². The molecule has 1 aromatic heterocycles. The van der Waals surface area contributed by atoms with Gasteiger partial charge in [0.15, 0.2) is 11.0 Å². The maximum Gasteiger partial charge on any atom is 0.371 e. The number of hydrogen-bond acceptors (Lipinski definition) is 4. The molecule has 0 aliphatic rings. The van der Waals surface area contributed by atoms with Crippen molar-refractivity contribution in [2.45, 2.75) is 0 Å². The number of carboxylic acid groups (broad SMARTS) is 1. The molecule has 0 atom stereocenters. The van der Waals surface area contributed by atoms with Gasteiger partial charge in [-0.15, -0.1) is 0 Å². The molecule has 1 aromatic carbocycles. The SMILES string of the molecule is N#Cc1cccc2c(=O)cc(C(=O)O)oc12. The zero-order valence-electron chi connectivity index (χ0n) is 7.93. The standard InChI is InChI=1S/C11H5NO4/c12-5-6-2-1-3-7-8(13)4-9(11(14)15)16-10(6)7/h1-4H,(H,14,15). The molecule has 0 fully saturated rings. The molecule has 0 aliphatic carbocycles. The summed E-state index contributed by atoms with van der Waals surface area (Å²) < 4.78 is 5.00. The van der Waals surface area contributed by atoms with Crippen LogP contribution in [0.3, 0.4) is 0 Å². The highest BCUT2D eigenvalue weighted by atomic mass is 16.4. The van der Waals surface area contributed by atoms with Gasteiger partial charge in [-0.25, -0.2) is 4.79 Å². The highest BCUT2D eigenvalue weighted by molar-refractivity contribution is 5.89. The number of carboxylic acids is 1. The van der Waals surface area contributed by atoms with Crippen LogP contribution < -0.4 is 5.43 Å². The predicted molar refractivity (Wildman–Crippen MR) is 54.2 cm³/mol. The Morgan fingerprint density at radius 2 is 2.19 bits per heavy atom. The van der Waals surface area contributed by atoms with Crippen LogP contribution in [0.25, 0.3) is 11.0 Å². The molecule has 0 bridgehead atoms. The molecule has 0 aliphatic heterocycles. The number of hydrogen-bond donors (Lipinski definition) is 1. The Morgan fingerprint density at radius 3 is 2.81 bits per heavy atom. The van der Waals surface area contributed by atoms with E-state index in [1.165, 1.54) is 18.2 Å². The van der Waals surface area contributed by atoms with E-state index in [0.29, 0.717) is 0 Å². The zero-order chi connectivity index (χ0) is 11.7. The lowest BCUT2D eigenvalue weighted by Crippen LogP contribution is -2.06. The van der Waals surface area contributed by atoms with E-state index in [9.17, 15) is 9.59 Å². The number of nitrogens with zero attached hydrogens (tertiary/aromatic N) is 1. The second kappa shape index (κ2) is 3.51. The van der Waals surface area contributed by atoms with E-state index < -0.39 is 17.2 Å². The fraction of sp³-hybridized carbons (Fsp3) is 0. The van der Waals surface area contributed by atoms with Crippen molar-refractivity contribution in [3.63, 3.8) is 0 Å². The summed E-state index contributed by atoms with van der Waals surface area (Å²) in [5.74, 6) is -1.81. The van der Waals surface area contributed by atoms with Gasteiger partial charge in [-0.05, 0) is 12.1 Å². The first-order valence-electron chi connectivity index (χ1n) is 4.34. The fourth-order valence-electron chi connectivity index (χ4n) is 1.37. The normalized spacial score (nSPS) is 9.94. The molecule has 2 aromatic rings. The zero-order valence-corrected chi connectivity index (χ0v) is 7.93. The number of rotatable bonds is 1. The maximum absolute atomic E-state index is 11.5. The monoisotopic (exact) mass is 215 g/mol. The van der Waals surface area contributed by atoms with Gasteiger partial charge in [0.1, 0.15) is 6.07 Å². The lowest BCUT2D eigenvalue weighted by molar-refractivity contribution is 0.0663. The third-order valence-electron chi connectivity index (χ3n) is 2.09. The van der Waals surface area contributed by atoms with Gasteiger partial charge in [0, 0.05) is 6.07 Å². The molecule has 0 spiro atoms. The van der Waals surface area contributed by atoms with Crippen molar-refractivity contribution in [2.24, 2.45) is 0 Å². The highest BCUT2D eigenvalue weighted by Crippen LogP contribution is 2.16. The smallest absolute Gasteiger partial charge is 0.371 e. The maximum atomic E-state index is 11.5. The van der Waals surface area contributed by atoms with Crippen LogP contribution in [0.5, 0.6) is 0 Å². The first kappa shape index (κ1) is 9.93. The third kappa shape index (κ3) is 1.42. The number of benzene rings is 1. The summed E-state index contributed by atoms with van der Waals surface area (Å²) >= 11 is 0. The van der Waals surface area contributed by atoms with Crippen molar-refractivity contribution in [3.05, 3.63) is 45.8 Å². The van der Waals surface area contributed by atoms with Gasteiger partial charge in [0.2, 0.25) is 5.76 Å². The summed E-state index contributed by atoms with van der Waals surface area (Å²) in [5.41, 5.74) is -0.330. The van der Waals surface area contributed by atoms with Gasteiger partial charge in [0.05, 0.1) is 10.9 Å². The molecule has 0 unspecified atom stereocenters. The molecule has 0 radical (unpaired) electrons. The minimum Gasteiger partial charge on any atom is -0.475 e. The molecule has 5 heteroatoms. The van der Waals surface area contributed by atoms with E-state index in [-0.39, 0.29) is 16.5 Å². The molecule has 16 heavy (non-hydrogen) atoms. The molecule has 5 nitrogen and oxygen atoms in total. The second-order valence-corrected chi connectivity index (χ2v) is 3.07. The molecular formula is C11H5NO4.